The SMILES string of the molecule is Cc1cc(C)n(-c2cc(Nc3ccc(I)cc3)c(C(=O)NO)cc2Cl)n1. The summed E-state index contributed by atoms with van der Waals surface area (Å²) >= 11 is 8.61. The highest BCUT2D eigenvalue weighted by Crippen LogP contribution is 2.31. The Kier molecular flexibility index (Phi) is 5.49. The van der Waals surface area contributed by atoms with Gasteiger partial charge < -0.3 is 5.32 Å². The van der Waals surface area contributed by atoms with Gasteiger partial charge in [-0.15, -0.1) is 0 Å². The summed E-state index contributed by atoms with van der Waals surface area (Å²) in [6, 6.07) is 12.9. The third kappa shape index (κ3) is 3.84. The molecule has 0 saturated heterocycles. The first-order valence-corrected chi connectivity index (χ1v) is 9.19. The van der Waals surface area contributed by atoms with Crippen LogP contribution in [0.25, 0.3) is 5.69 Å². The van der Waals surface area contributed by atoms with E-state index in [9.17, 15) is 4.79 Å². The number of benzene rings is 2. The predicted molar refractivity (Wildman–Crippen MR) is 110 cm³/mol. The van der Waals surface area contributed by atoms with Gasteiger partial charge in [-0.1, -0.05) is 11.6 Å². The Balaban J connectivity index is 2.12. The molecule has 1 amide bonds. The lowest BCUT2D eigenvalue weighted by molar-refractivity contribution is 0.0707. The van der Waals surface area contributed by atoms with Crippen LogP contribution < -0.4 is 10.8 Å². The van der Waals surface area contributed by atoms with Gasteiger partial charge in [0.25, 0.3) is 5.91 Å². The van der Waals surface area contributed by atoms with Gasteiger partial charge in [0.2, 0.25) is 0 Å². The second-order valence-corrected chi connectivity index (χ2v) is 7.41. The second kappa shape index (κ2) is 7.65. The topological polar surface area (TPSA) is 79.2 Å². The summed E-state index contributed by atoms with van der Waals surface area (Å²) in [4.78, 5) is 12.1. The molecule has 0 aliphatic heterocycles. The lowest BCUT2D eigenvalue weighted by Gasteiger charge is -2.15. The van der Waals surface area contributed by atoms with Crippen molar-refractivity contribution >= 4 is 51.5 Å². The molecule has 0 saturated carbocycles. The van der Waals surface area contributed by atoms with Crippen LogP contribution in [-0.4, -0.2) is 20.9 Å². The van der Waals surface area contributed by atoms with Crippen LogP contribution in [0, 0.1) is 17.4 Å². The fourth-order valence-corrected chi connectivity index (χ4v) is 3.24. The van der Waals surface area contributed by atoms with E-state index in [1.54, 1.807) is 16.2 Å². The number of aryl methyl sites for hydroxylation is 2. The minimum Gasteiger partial charge on any atom is -0.355 e. The zero-order chi connectivity index (χ0) is 18.8. The van der Waals surface area contributed by atoms with E-state index >= 15 is 0 Å². The van der Waals surface area contributed by atoms with Crippen molar-refractivity contribution in [2.45, 2.75) is 13.8 Å². The zero-order valence-corrected chi connectivity index (χ0v) is 17.0. The number of carbonyl (C=O) groups excluding carboxylic acids is 1. The molecule has 0 unspecified atom stereocenters. The molecule has 3 aromatic rings. The summed E-state index contributed by atoms with van der Waals surface area (Å²) < 4.78 is 2.82. The third-order valence-corrected chi connectivity index (χ3v) is 4.82. The number of carbonyl (C=O) groups is 1. The van der Waals surface area contributed by atoms with Crippen molar-refractivity contribution in [1.29, 1.82) is 0 Å². The second-order valence-electron chi connectivity index (χ2n) is 5.76. The summed E-state index contributed by atoms with van der Waals surface area (Å²) in [5, 5.41) is 17.1. The Hall–Kier alpha value is -2.10. The smallest absolute Gasteiger partial charge is 0.276 e. The molecule has 0 atom stereocenters. The highest BCUT2D eigenvalue weighted by atomic mass is 127. The maximum absolute atomic E-state index is 12.1. The van der Waals surface area contributed by atoms with Gasteiger partial charge in [-0.25, -0.2) is 10.2 Å². The fraction of sp³-hybridized carbons (Fsp3) is 0.111. The van der Waals surface area contributed by atoms with E-state index in [4.69, 9.17) is 16.8 Å². The number of hydroxylamine groups is 1. The predicted octanol–water partition coefficient (Wildman–Crippen LogP) is 4.61. The first-order chi connectivity index (χ1) is 12.4. The maximum atomic E-state index is 12.1. The molecule has 26 heavy (non-hydrogen) atoms. The lowest BCUT2D eigenvalue weighted by Crippen LogP contribution is -2.20. The van der Waals surface area contributed by atoms with Crippen molar-refractivity contribution in [2.75, 3.05) is 5.32 Å². The molecule has 0 aliphatic carbocycles. The molecule has 3 N–H and O–H groups in total. The Morgan fingerprint density at radius 3 is 2.46 bits per heavy atom. The van der Waals surface area contributed by atoms with Gasteiger partial charge in [0.05, 0.1) is 27.7 Å². The Morgan fingerprint density at radius 2 is 1.88 bits per heavy atom. The molecular formula is C18H16ClIN4O2. The molecule has 8 heteroatoms. The van der Waals surface area contributed by atoms with Crippen molar-refractivity contribution in [2.24, 2.45) is 0 Å². The van der Waals surface area contributed by atoms with E-state index in [0.29, 0.717) is 16.4 Å². The summed E-state index contributed by atoms with van der Waals surface area (Å²) in [7, 11) is 0. The average molecular weight is 483 g/mol. The summed E-state index contributed by atoms with van der Waals surface area (Å²) in [5.41, 5.74) is 5.61. The van der Waals surface area contributed by atoms with Crippen LogP contribution in [0.2, 0.25) is 5.02 Å². The van der Waals surface area contributed by atoms with Crippen LogP contribution in [0.3, 0.4) is 0 Å². The third-order valence-electron chi connectivity index (χ3n) is 3.79. The van der Waals surface area contributed by atoms with Crippen LogP contribution in [0.1, 0.15) is 21.7 Å². The normalized spacial score (nSPS) is 10.7. The van der Waals surface area contributed by atoms with Gasteiger partial charge in [-0.05, 0) is 78.9 Å². The number of nitrogens with one attached hydrogen (secondary N) is 2. The number of hydrogen-bond acceptors (Lipinski definition) is 4. The number of aromatic nitrogens is 2. The number of anilines is 2. The van der Waals surface area contributed by atoms with Gasteiger partial charge >= 0.3 is 0 Å². The highest BCUT2D eigenvalue weighted by molar-refractivity contribution is 14.1. The fourth-order valence-electron chi connectivity index (χ4n) is 2.64. The Morgan fingerprint density at radius 1 is 1.19 bits per heavy atom. The van der Waals surface area contributed by atoms with Crippen molar-refractivity contribution < 1.29 is 10.0 Å². The number of hydrogen-bond donors (Lipinski definition) is 3. The molecule has 0 fully saturated rings. The van der Waals surface area contributed by atoms with Gasteiger partial charge in [0.15, 0.2) is 0 Å². The molecule has 3 rings (SSSR count). The van der Waals surface area contributed by atoms with E-state index in [-0.39, 0.29) is 5.56 Å². The highest BCUT2D eigenvalue weighted by Gasteiger charge is 2.17. The summed E-state index contributed by atoms with van der Waals surface area (Å²) in [5.74, 6) is -0.653. The van der Waals surface area contributed by atoms with Crippen LogP contribution in [0.15, 0.2) is 42.5 Å². The van der Waals surface area contributed by atoms with Crippen molar-refractivity contribution in [3.63, 3.8) is 0 Å². The van der Waals surface area contributed by atoms with Gasteiger partial charge in [-0.2, -0.15) is 5.10 Å². The average Bonchev–Trinajstić information content (AvgIpc) is 2.95. The monoisotopic (exact) mass is 482 g/mol. The number of amides is 1. The summed E-state index contributed by atoms with van der Waals surface area (Å²) in [6.45, 7) is 3.83. The zero-order valence-electron chi connectivity index (χ0n) is 14.0. The van der Waals surface area contributed by atoms with Crippen molar-refractivity contribution in [3.05, 3.63) is 68.0 Å². The van der Waals surface area contributed by atoms with Crippen molar-refractivity contribution in [3.8, 4) is 5.69 Å². The van der Waals surface area contributed by atoms with E-state index in [1.165, 1.54) is 6.07 Å². The van der Waals surface area contributed by atoms with Crippen LogP contribution in [0.4, 0.5) is 11.4 Å². The number of rotatable bonds is 4. The van der Waals surface area contributed by atoms with Crippen LogP contribution in [0.5, 0.6) is 0 Å². The van der Waals surface area contributed by atoms with Gasteiger partial charge in [-0.3, -0.25) is 10.0 Å². The Labute approximate surface area is 169 Å². The van der Waals surface area contributed by atoms with E-state index in [0.717, 1.165) is 20.6 Å². The molecule has 1 heterocycles. The van der Waals surface area contributed by atoms with E-state index in [2.05, 4.69) is 33.0 Å². The summed E-state index contributed by atoms with van der Waals surface area (Å²) in [6.07, 6.45) is 0. The minimum absolute atomic E-state index is 0.223. The number of nitrogens with zero attached hydrogens (tertiary/aromatic N) is 2. The lowest BCUT2D eigenvalue weighted by atomic mass is 10.1. The molecule has 0 bridgehead atoms. The van der Waals surface area contributed by atoms with Gasteiger partial charge in [0, 0.05) is 15.0 Å². The minimum atomic E-state index is -0.653. The molecule has 134 valence electrons. The van der Waals surface area contributed by atoms with E-state index < -0.39 is 5.91 Å². The Bertz CT molecular complexity index is 970. The maximum Gasteiger partial charge on any atom is 0.276 e. The molecule has 2 aromatic carbocycles. The van der Waals surface area contributed by atoms with Crippen LogP contribution >= 0.6 is 34.2 Å². The molecule has 0 aliphatic rings. The molecule has 1 aromatic heterocycles. The first-order valence-electron chi connectivity index (χ1n) is 7.73. The quantitative estimate of drug-likeness (QED) is 0.288. The largest absolute Gasteiger partial charge is 0.355 e. The number of halogens is 2. The standard InChI is InChI=1S/C18H16ClIN4O2/c1-10-7-11(2)24(22-10)17-9-16(14(8-15(17)19)18(25)23-26)21-13-5-3-12(20)4-6-13/h3-9,21,26H,1-2H3,(H,23,25). The van der Waals surface area contributed by atoms with E-state index in [1.807, 2.05) is 44.2 Å². The first kappa shape index (κ1) is 18.7. The van der Waals surface area contributed by atoms with Crippen LogP contribution in [-0.2, 0) is 0 Å². The van der Waals surface area contributed by atoms with Gasteiger partial charge in [0.1, 0.15) is 0 Å². The van der Waals surface area contributed by atoms with Crippen molar-refractivity contribution in [1.82, 2.24) is 15.3 Å². The molecule has 0 radical (unpaired) electrons. The molecule has 6 nitrogen and oxygen atoms in total. The molecular weight excluding hydrogens is 467 g/mol. The molecule has 0 spiro atoms.